The standard InChI is InChI=1S/C15H18N3S/c1-18(2,3)11-13-14(12-7-5-4-6-8-12)16-15-17(13)9-10-19-15/h4-10H,11H2,1-3H3/q+1. The van der Waals surface area contributed by atoms with Crippen molar-refractivity contribution in [2.75, 3.05) is 21.1 Å². The van der Waals surface area contributed by atoms with Gasteiger partial charge < -0.3 is 4.48 Å². The lowest BCUT2D eigenvalue weighted by Gasteiger charge is -2.24. The molecule has 3 rings (SSSR count). The number of imidazole rings is 1. The zero-order valence-corrected chi connectivity index (χ0v) is 12.3. The molecule has 98 valence electrons. The van der Waals surface area contributed by atoms with E-state index in [1.54, 1.807) is 11.3 Å². The van der Waals surface area contributed by atoms with Gasteiger partial charge in [0.15, 0.2) is 4.96 Å². The van der Waals surface area contributed by atoms with Crippen LogP contribution in [0.25, 0.3) is 16.2 Å². The largest absolute Gasteiger partial charge is 0.326 e. The van der Waals surface area contributed by atoms with E-state index in [1.165, 1.54) is 11.3 Å². The van der Waals surface area contributed by atoms with Crippen LogP contribution in [0.5, 0.6) is 0 Å². The zero-order chi connectivity index (χ0) is 13.5. The summed E-state index contributed by atoms with van der Waals surface area (Å²) in [5, 5.41) is 2.09. The molecule has 19 heavy (non-hydrogen) atoms. The first-order valence-corrected chi connectivity index (χ1v) is 7.23. The molecule has 0 atom stereocenters. The second-order valence-corrected chi connectivity index (χ2v) is 6.65. The highest BCUT2D eigenvalue weighted by Gasteiger charge is 2.20. The highest BCUT2D eigenvalue weighted by molar-refractivity contribution is 7.15. The van der Waals surface area contributed by atoms with Crippen LogP contribution in [0.3, 0.4) is 0 Å². The minimum atomic E-state index is 0.892. The molecule has 3 nitrogen and oxygen atoms in total. The van der Waals surface area contributed by atoms with E-state index in [9.17, 15) is 0 Å². The Morgan fingerprint density at radius 1 is 1.16 bits per heavy atom. The second kappa shape index (κ2) is 4.47. The first-order valence-electron chi connectivity index (χ1n) is 6.35. The topological polar surface area (TPSA) is 17.3 Å². The van der Waals surface area contributed by atoms with E-state index < -0.39 is 0 Å². The molecule has 2 heterocycles. The Kier molecular flexibility index (Phi) is 2.92. The van der Waals surface area contributed by atoms with Gasteiger partial charge in [-0.25, -0.2) is 4.98 Å². The predicted molar refractivity (Wildman–Crippen MR) is 80.2 cm³/mol. The van der Waals surface area contributed by atoms with E-state index in [0.29, 0.717) is 0 Å². The van der Waals surface area contributed by atoms with Crippen molar-refractivity contribution in [3.63, 3.8) is 0 Å². The van der Waals surface area contributed by atoms with Gasteiger partial charge in [-0.15, -0.1) is 11.3 Å². The molecule has 0 bridgehead atoms. The predicted octanol–water partition coefficient (Wildman–Crippen LogP) is 3.27. The first-order chi connectivity index (χ1) is 9.04. The normalized spacial score (nSPS) is 12.2. The minimum Gasteiger partial charge on any atom is -0.326 e. The number of fused-ring (bicyclic) bond motifs is 1. The summed E-state index contributed by atoms with van der Waals surface area (Å²) in [5.41, 5.74) is 3.59. The highest BCUT2D eigenvalue weighted by atomic mass is 32.1. The van der Waals surface area contributed by atoms with Gasteiger partial charge in [0.1, 0.15) is 12.2 Å². The molecule has 3 aromatic rings. The summed E-state index contributed by atoms with van der Waals surface area (Å²) in [7, 11) is 6.63. The lowest BCUT2D eigenvalue weighted by atomic mass is 10.1. The van der Waals surface area contributed by atoms with Gasteiger partial charge in [-0.2, -0.15) is 0 Å². The molecule has 0 aliphatic carbocycles. The van der Waals surface area contributed by atoms with Gasteiger partial charge in [-0.05, 0) is 0 Å². The monoisotopic (exact) mass is 272 g/mol. The zero-order valence-electron chi connectivity index (χ0n) is 11.5. The Labute approximate surface area is 117 Å². The quantitative estimate of drug-likeness (QED) is 0.669. The maximum Gasteiger partial charge on any atom is 0.194 e. The average molecular weight is 272 g/mol. The summed E-state index contributed by atoms with van der Waals surface area (Å²) in [5.74, 6) is 0. The molecule has 0 fully saturated rings. The molecule has 0 amide bonds. The maximum absolute atomic E-state index is 4.80. The molecule has 1 aromatic carbocycles. The van der Waals surface area contributed by atoms with E-state index in [4.69, 9.17) is 4.98 Å². The van der Waals surface area contributed by atoms with Crippen LogP contribution in [0.1, 0.15) is 5.69 Å². The SMILES string of the molecule is C[N+](C)(C)Cc1c(-c2ccccc2)nc2sccn12. The number of hydrogen-bond donors (Lipinski definition) is 0. The molecular formula is C15H18N3S+. The van der Waals surface area contributed by atoms with Crippen LogP contribution in [0.4, 0.5) is 0 Å². The van der Waals surface area contributed by atoms with E-state index in [0.717, 1.165) is 21.7 Å². The molecule has 0 aliphatic rings. The van der Waals surface area contributed by atoms with E-state index in [1.807, 2.05) is 6.07 Å². The molecule has 0 spiro atoms. The summed E-state index contributed by atoms with van der Waals surface area (Å²) in [6, 6.07) is 10.4. The maximum atomic E-state index is 4.80. The molecular weight excluding hydrogens is 254 g/mol. The van der Waals surface area contributed by atoms with Gasteiger partial charge >= 0.3 is 0 Å². The van der Waals surface area contributed by atoms with E-state index in [-0.39, 0.29) is 0 Å². The number of quaternary nitrogens is 1. The summed E-state index contributed by atoms with van der Waals surface area (Å²) in [4.78, 5) is 5.87. The summed E-state index contributed by atoms with van der Waals surface area (Å²) < 4.78 is 3.11. The van der Waals surface area contributed by atoms with Gasteiger partial charge in [0.25, 0.3) is 0 Å². The fraction of sp³-hybridized carbons (Fsp3) is 0.267. The summed E-state index contributed by atoms with van der Waals surface area (Å²) >= 11 is 1.69. The van der Waals surface area contributed by atoms with Gasteiger partial charge in [0.2, 0.25) is 0 Å². The molecule has 0 aliphatic heterocycles. The minimum absolute atomic E-state index is 0.892. The molecule has 4 heteroatoms. The fourth-order valence-corrected chi connectivity index (χ4v) is 2.99. The van der Waals surface area contributed by atoms with Crippen molar-refractivity contribution in [1.29, 1.82) is 0 Å². The third kappa shape index (κ3) is 2.41. The van der Waals surface area contributed by atoms with Crippen molar-refractivity contribution in [2.45, 2.75) is 6.54 Å². The van der Waals surface area contributed by atoms with Crippen molar-refractivity contribution in [1.82, 2.24) is 9.38 Å². The number of benzene rings is 1. The van der Waals surface area contributed by atoms with Crippen molar-refractivity contribution in [2.24, 2.45) is 0 Å². The summed E-state index contributed by atoms with van der Waals surface area (Å²) in [6.07, 6.45) is 2.12. The number of nitrogens with zero attached hydrogens (tertiary/aromatic N) is 3. The van der Waals surface area contributed by atoms with E-state index in [2.05, 4.69) is 61.4 Å². The smallest absolute Gasteiger partial charge is 0.194 e. The van der Waals surface area contributed by atoms with Gasteiger partial charge in [0.05, 0.1) is 26.8 Å². The molecule has 0 unspecified atom stereocenters. The Morgan fingerprint density at radius 2 is 1.89 bits per heavy atom. The fourth-order valence-electron chi connectivity index (χ4n) is 2.26. The van der Waals surface area contributed by atoms with Crippen molar-refractivity contribution in [3.05, 3.63) is 47.6 Å². The van der Waals surface area contributed by atoms with Crippen molar-refractivity contribution >= 4 is 16.3 Å². The summed E-state index contributed by atoms with van der Waals surface area (Å²) in [6.45, 7) is 0.960. The highest BCUT2D eigenvalue weighted by Crippen LogP contribution is 2.27. The van der Waals surface area contributed by atoms with E-state index >= 15 is 0 Å². The number of rotatable bonds is 3. The van der Waals surface area contributed by atoms with Crippen LogP contribution in [0.2, 0.25) is 0 Å². The van der Waals surface area contributed by atoms with Crippen molar-refractivity contribution in [3.8, 4) is 11.3 Å². The number of aromatic nitrogens is 2. The van der Waals surface area contributed by atoms with Gasteiger partial charge in [-0.1, -0.05) is 30.3 Å². The molecule has 0 saturated heterocycles. The van der Waals surface area contributed by atoms with Crippen LogP contribution in [0.15, 0.2) is 41.9 Å². The Bertz CT molecular complexity index is 689. The van der Waals surface area contributed by atoms with Crippen molar-refractivity contribution < 1.29 is 4.48 Å². The van der Waals surface area contributed by atoms with Crippen LogP contribution < -0.4 is 0 Å². The van der Waals surface area contributed by atoms with Crippen LogP contribution in [-0.4, -0.2) is 35.0 Å². The lowest BCUT2D eigenvalue weighted by Crippen LogP contribution is -2.34. The Balaban J connectivity index is 2.18. The van der Waals surface area contributed by atoms with Gasteiger partial charge in [-0.3, -0.25) is 4.40 Å². The lowest BCUT2D eigenvalue weighted by molar-refractivity contribution is -0.884. The van der Waals surface area contributed by atoms with Crippen LogP contribution in [0, 0.1) is 0 Å². The second-order valence-electron chi connectivity index (χ2n) is 5.78. The first kappa shape index (κ1) is 12.4. The number of hydrogen-bond acceptors (Lipinski definition) is 2. The molecule has 0 saturated carbocycles. The van der Waals surface area contributed by atoms with Crippen LogP contribution >= 0.6 is 11.3 Å². The average Bonchev–Trinajstić information content (AvgIpc) is 2.92. The third-order valence-electron chi connectivity index (χ3n) is 3.03. The molecule has 2 aromatic heterocycles. The van der Waals surface area contributed by atoms with Crippen LogP contribution in [-0.2, 0) is 6.54 Å². The Hall–Kier alpha value is -1.65. The third-order valence-corrected chi connectivity index (χ3v) is 3.79. The number of thiazole rings is 1. The molecule has 0 radical (unpaired) electrons. The Morgan fingerprint density at radius 3 is 2.58 bits per heavy atom. The molecule has 0 N–H and O–H groups in total. The van der Waals surface area contributed by atoms with Gasteiger partial charge in [0, 0.05) is 17.1 Å².